The summed E-state index contributed by atoms with van der Waals surface area (Å²) in [7, 11) is 0. The molecule has 0 aliphatic rings. The summed E-state index contributed by atoms with van der Waals surface area (Å²) in [5.41, 5.74) is 3.14. The van der Waals surface area contributed by atoms with E-state index in [2.05, 4.69) is 16.1 Å². The standard InChI is InChI=1S/C13H13N3O2S/c1-3-18-13(17)9-7-16-12(14-9)8(2)11(15-16)10-5-4-6-19-10/h4-7,15H,3H2,1-2H3. The van der Waals surface area contributed by atoms with Gasteiger partial charge in [-0.05, 0) is 25.3 Å². The highest BCUT2D eigenvalue weighted by Crippen LogP contribution is 2.28. The van der Waals surface area contributed by atoms with Gasteiger partial charge in [-0.2, -0.15) is 0 Å². The highest BCUT2D eigenvalue weighted by molar-refractivity contribution is 7.13. The first-order valence-corrected chi connectivity index (χ1v) is 6.87. The van der Waals surface area contributed by atoms with Gasteiger partial charge in [-0.3, -0.25) is 5.10 Å². The minimum absolute atomic E-state index is 0.328. The molecule has 98 valence electrons. The van der Waals surface area contributed by atoms with Gasteiger partial charge in [0.25, 0.3) is 0 Å². The Kier molecular flexibility index (Phi) is 2.87. The van der Waals surface area contributed by atoms with Gasteiger partial charge in [-0.25, -0.2) is 14.3 Å². The Morgan fingerprint density at radius 1 is 1.58 bits per heavy atom. The zero-order valence-electron chi connectivity index (χ0n) is 10.6. The fraction of sp³-hybridized carbons (Fsp3) is 0.231. The van der Waals surface area contributed by atoms with Crippen LogP contribution in [-0.2, 0) is 4.74 Å². The number of nitrogens with one attached hydrogen (secondary N) is 1. The molecule has 0 radical (unpaired) electrons. The van der Waals surface area contributed by atoms with Gasteiger partial charge in [0.05, 0.1) is 23.4 Å². The largest absolute Gasteiger partial charge is 0.461 e. The highest BCUT2D eigenvalue weighted by Gasteiger charge is 2.17. The molecule has 6 heteroatoms. The van der Waals surface area contributed by atoms with E-state index in [0.29, 0.717) is 12.3 Å². The molecule has 3 rings (SSSR count). The normalized spacial score (nSPS) is 11.1. The number of hydrogen-bond donors (Lipinski definition) is 1. The number of esters is 1. The quantitative estimate of drug-likeness (QED) is 0.748. The van der Waals surface area contributed by atoms with Crippen molar-refractivity contribution < 1.29 is 9.53 Å². The number of nitrogens with zero attached hydrogens (tertiary/aromatic N) is 2. The Morgan fingerprint density at radius 3 is 3.05 bits per heavy atom. The molecule has 0 aliphatic carbocycles. The molecule has 1 N–H and O–H groups in total. The summed E-state index contributed by atoms with van der Waals surface area (Å²) in [6.45, 7) is 4.12. The first kappa shape index (κ1) is 12.0. The van der Waals surface area contributed by atoms with Crippen LogP contribution >= 0.6 is 11.3 Å². The van der Waals surface area contributed by atoms with E-state index in [1.54, 1.807) is 29.0 Å². The molecular weight excluding hydrogens is 262 g/mol. The molecule has 19 heavy (non-hydrogen) atoms. The molecule has 3 aromatic heterocycles. The first-order valence-electron chi connectivity index (χ1n) is 5.99. The van der Waals surface area contributed by atoms with Crippen molar-refractivity contribution in [3.05, 3.63) is 35.0 Å². The number of carbonyl (C=O) groups is 1. The molecule has 0 bridgehead atoms. The number of H-pyrrole nitrogens is 1. The van der Waals surface area contributed by atoms with Crippen molar-refractivity contribution in [2.45, 2.75) is 13.8 Å². The molecule has 0 amide bonds. The Balaban J connectivity index is 2.05. The van der Waals surface area contributed by atoms with Gasteiger partial charge in [0, 0.05) is 5.56 Å². The van der Waals surface area contributed by atoms with Crippen molar-refractivity contribution in [2.24, 2.45) is 0 Å². The number of aromatic amines is 1. The topological polar surface area (TPSA) is 59.4 Å². The van der Waals surface area contributed by atoms with E-state index in [4.69, 9.17) is 4.74 Å². The summed E-state index contributed by atoms with van der Waals surface area (Å²) in [5.74, 6) is -0.392. The zero-order chi connectivity index (χ0) is 13.4. The molecule has 0 aliphatic heterocycles. The number of imidazole rings is 1. The lowest BCUT2D eigenvalue weighted by Gasteiger charge is -1.96. The van der Waals surface area contributed by atoms with Gasteiger partial charge in [0.2, 0.25) is 0 Å². The lowest BCUT2D eigenvalue weighted by atomic mass is 10.2. The van der Waals surface area contributed by atoms with E-state index >= 15 is 0 Å². The molecule has 0 unspecified atom stereocenters. The van der Waals surface area contributed by atoms with Crippen LogP contribution in [0.15, 0.2) is 23.7 Å². The summed E-state index contributed by atoms with van der Waals surface area (Å²) in [4.78, 5) is 17.1. The van der Waals surface area contributed by atoms with Crippen LogP contribution in [0, 0.1) is 6.92 Å². The summed E-state index contributed by atoms with van der Waals surface area (Å²) in [6, 6.07) is 4.06. The predicted molar refractivity (Wildman–Crippen MR) is 73.5 cm³/mol. The third-order valence-corrected chi connectivity index (χ3v) is 3.79. The molecule has 5 nitrogen and oxygen atoms in total. The number of carbonyl (C=O) groups excluding carboxylic acids is 1. The van der Waals surface area contributed by atoms with Crippen LogP contribution in [0.4, 0.5) is 0 Å². The second kappa shape index (κ2) is 4.55. The third-order valence-electron chi connectivity index (χ3n) is 2.90. The van der Waals surface area contributed by atoms with Crippen LogP contribution in [-0.4, -0.2) is 27.2 Å². The summed E-state index contributed by atoms with van der Waals surface area (Å²) in [6.07, 6.45) is 1.66. The van der Waals surface area contributed by atoms with Gasteiger partial charge in [0.1, 0.15) is 0 Å². The van der Waals surface area contributed by atoms with Crippen molar-refractivity contribution in [1.29, 1.82) is 0 Å². The van der Waals surface area contributed by atoms with Crippen LogP contribution in [0.3, 0.4) is 0 Å². The second-order valence-electron chi connectivity index (χ2n) is 4.13. The van der Waals surface area contributed by atoms with E-state index in [-0.39, 0.29) is 0 Å². The van der Waals surface area contributed by atoms with Crippen LogP contribution in [0.2, 0.25) is 0 Å². The van der Waals surface area contributed by atoms with Crippen LogP contribution in [0.25, 0.3) is 16.2 Å². The SMILES string of the molecule is CCOC(=O)c1cn2[nH]c(-c3cccs3)c(C)c2n1. The highest BCUT2D eigenvalue weighted by atomic mass is 32.1. The lowest BCUT2D eigenvalue weighted by molar-refractivity contribution is 0.0520. The molecule has 0 fully saturated rings. The Bertz CT molecular complexity index is 725. The molecule has 3 aromatic rings. The number of thiophene rings is 1. The Labute approximate surface area is 113 Å². The monoisotopic (exact) mass is 275 g/mol. The summed E-state index contributed by atoms with van der Waals surface area (Å²) < 4.78 is 6.70. The molecule has 3 heterocycles. The maximum atomic E-state index is 11.6. The minimum Gasteiger partial charge on any atom is -0.461 e. The molecule has 0 spiro atoms. The van der Waals surface area contributed by atoms with Crippen molar-refractivity contribution >= 4 is 23.0 Å². The number of aromatic nitrogens is 3. The maximum absolute atomic E-state index is 11.6. The number of rotatable bonds is 3. The zero-order valence-corrected chi connectivity index (χ0v) is 11.5. The van der Waals surface area contributed by atoms with Crippen LogP contribution in [0.5, 0.6) is 0 Å². The van der Waals surface area contributed by atoms with Gasteiger partial charge >= 0.3 is 5.97 Å². The molecular formula is C13H13N3O2S. The molecule has 0 saturated heterocycles. The van der Waals surface area contributed by atoms with Crippen molar-refractivity contribution in [3.63, 3.8) is 0 Å². The van der Waals surface area contributed by atoms with E-state index in [1.165, 1.54) is 0 Å². The smallest absolute Gasteiger partial charge is 0.358 e. The van der Waals surface area contributed by atoms with Crippen molar-refractivity contribution in [3.8, 4) is 10.6 Å². The number of fused-ring (bicyclic) bond motifs is 1. The van der Waals surface area contributed by atoms with Gasteiger partial charge in [-0.1, -0.05) is 6.07 Å². The predicted octanol–water partition coefficient (Wildman–Crippen LogP) is 2.88. The number of hydrogen-bond acceptors (Lipinski definition) is 4. The Morgan fingerprint density at radius 2 is 2.42 bits per heavy atom. The minimum atomic E-state index is -0.392. The fourth-order valence-electron chi connectivity index (χ4n) is 2.01. The maximum Gasteiger partial charge on any atom is 0.358 e. The van der Waals surface area contributed by atoms with E-state index in [1.807, 2.05) is 18.4 Å². The van der Waals surface area contributed by atoms with Gasteiger partial charge in [-0.15, -0.1) is 11.3 Å². The van der Waals surface area contributed by atoms with E-state index in [9.17, 15) is 4.79 Å². The molecule has 0 aromatic carbocycles. The summed E-state index contributed by atoms with van der Waals surface area (Å²) in [5, 5.41) is 5.27. The van der Waals surface area contributed by atoms with Crippen LogP contribution in [0.1, 0.15) is 23.0 Å². The fourth-order valence-corrected chi connectivity index (χ4v) is 2.79. The average molecular weight is 275 g/mol. The van der Waals surface area contributed by atoms with Gasteiger partial charge < -0.3 is 4.74 Å². The number of aryl methyl sites for hydroxylation is 1. The first-order chi connectivity index (χ1) is 9.20. The van der Waals surface area contributed by atoms with Crippen LogP contribution < -0.4 is 0 Å². The van der Waals surface area contributed by atoms with Crippen molar-refractivity contribution in [2.75, 3.05) is 6.61 Å². The average Bonchev–Trinajstić information content (AvgIpc) is 3.07. The lowest BCUT2D eigenvalue weighted by Crippen LogP contribution is -2.04. The van der Waals surface area contributed by atoms with Gasteiger partial charge in [0.15, 0.2) is 11.3 Å². The second-order valence-corrected chi connectivity index (χ2v) is 5.08. The van der Waals surface area contributed by atoms with Crippen molar-refractivity contribution in [1.82, 2.24) is 14.6 Å². The van der Waals surface area contributed by atoms with E-state index in [0.717, 1.165) is 21.8 Å². The van der Waals surface area contributed by atoms with E-state index < -0.39 is 5.97 Å². The third kappa shape index (κ3) is 1.94. The summed E-state index contributed by atoms with van der Waals surface area (Å²) >= 11 is 1.66. The number of ether oxygens (including phenoxy) is 1. The Hall–Kier alpha value is -2.08. The molecule has 0 saturated carbocycles. The molecule has 0 atom stereocenters.